The molecule has 1 aliphatic rings. The average Bonchev–Trinajstić information content (AvgIpc) is 3.88. The van der Waals surface area contributed by atoms with Crippen molar-refractivity contribution in [2.24, 2.45) is 0 Å². The second-order valence-corrected chi connectivity index (χ2v) is 16.8. The van der Waals surface area contributed by atoms with Gasteiger partial charge in [-0.15, -0.1) is 0 Å². The van der Waals surface area contributed by atoms with E-state index in [1.807, 2.05) is 0 Å². The Labute approximate surface area is 373 Å². The molecule has 0 spiro atoms. The van der Waals surface area contributed by atoms with E-state index in [9.17, 15) is 0 Å². The topological polar surface area (TPSA) is 20.5 Å². The van der Waals surface area contributed by atoms with Crippen LogP contribution in [0.5, 0.6) is 0 Å². The Kier molecular flexibility index (Phi) is 8.94. The summed E-state index contributed by atoms with van der Waals surface area (Å²) in [6.45, 7) is 2.21. The summed E-state index contributed by atoms with van der Waals surface area (Å²) in [4.78, 5) is 2.40. The molecule has 0 bridgehead atoms. The molecule has 3 nitrogen and oxygen atoms in total. The lowest BCUT2D eigenvalue weighted by Crippen LogP contribution is -2.28. The summed E-state index contributed by atoms with van der Waals surface area (Å²) in [5, 5.41) is 7.77. The van der Waals surface area contributed by atoms with Gasteiger partial charge in [0.25, 0.3) is 0 Å². The number of anilines is 3. The first kappa shape index (κ1) is 37.5. The van der Waals surface area contributed by atoms with Crippen LogP contribution in [-0.2, 0) is 5.41 Å². The van der Waals surface area contributed by atoms with Crippen molar-refractivity contribution in [3.8, 4) is 44.8 Å². The van der Waals surface area contributed by atoms with Crippen molar-refractivity contribution in [3.63, 3.8) is 0 Å². The van der Waals surface area contributed by atoms with E-state index in [-0.39, 0.29) is 0 Å². The molecule has 0 fully saturated rings. The zero-order valence-corrected chi connectivity index (χ0v) is 35.4. The molecule has 12 rings (SSSR count). The molecular formula is C61H43N3. The number of nitrogens with zero attached hydrogens (tertiary/aromatic N) is 3. The molecule has 2 aromatic heterocycles. The van der Waals surface area contributed by atoms with Gasteiger partial charge in [0, 0.05) is 39.1 Å². The fourth-order valence-corrected chi connectivity index (χ4v) is 10.3. The standard InChI is InChI=1S/C61H43N3/c1-42-59(62-64-58(45-20-8-3-9-21-45)40-47-22-14-15-27-53(47)60(42)64)46-32-36-51(37-33-46)63(50-34-30-44(31-35-50)43-18-6-2-7-19-43)52-38-39-55-54-28-16-17-29-56(54)61(57(55)41-52,48-23-10-4-11-24-48)49-25-12-5-13-26-49/h2-41H,1H3. The van der Waals surface area contributed by atoms with Gasteiger partial charge >= 0.3 is 0 Å². The van der Waals surface area contributed by atoms with E-state index in [1.165, 1.54) is 55.3 Å². The van der Waals surface area contributed by atoms with Gasteiger partial charge in [-0.2, -0.15) is 5.10 Å². The molecule has 64 heavy (non-hydrogen) atoms. The molecule has 0 radical (unpaired) electrons. The van der Waals surface area contributed by atoms with E-state index in [0.29, 0.717) is 0 Å². The highest BCUT2D eigenvalue weighted by Gasteiger charge is 2.46. The van der Waals surface area contributed by atoms with Crippen LogP contribution in [0.4, 0.5) is 17.1 Å². The molecule has 0 amide bonds. The Balaban J connectivity index is 1.04. The van der Waals surface area contributed by atoms with Crippen molar-refractivity contribution in [3.05, 3.63) is 270 Å². The van der Waals surface area contributed by atoms with E-state index in [0.717, 1.165) is 50.7 Å². The van der Waals surface area contributed by atoms with Crippen LogP contribution in [0.25, 0.3) is 61.1 Å². The summed E-state index contributed by atoms with van der Waals surface area (Å²) in [5.41, 5.74) is 19.2. The van der Waals surface area contributed by atoms with Gasteiger partial charge in [0.05, 0.1) is 22.3 Å². The minimum atomic E-state index is -0.513. The molecular weight excluding hydrogens is 775 g/mol. The van der Waals surface area contributed by atoms with Crippen LogP contribution in [0.3, 0.4) is 0 Å². The molecule has 11 aromatic rings. The number of benzene rings is 9. The SMILES string of the molecule is Cc1c(-c2ccc(N(c3ccc(-c4ccccc4)cc3)c3ccc4c(c3)C(c3ccccc3)(c3ccccc3)c3ccccc3-4)cc2)nn2c(-c3ccccc3)cc3ccccc3c12. The van der Waals surface area contributed by atoms with Crippen molar-refractivity contribution in [1.29, 1.82) is 0 Å². The smallest absolute Gasteiger partial charge is 0.0963 e. The minimum Gasteiger partial charge on any atom is -0.310 e. The van der Waals surface area contributed by atoms with E-state index in [2.05, 4.69) is 259 Å². The van der Waals surface area contributed by atoms with Gasteiger partial charge in [0.1, 0.15) is 0 Å². The third-order valence-electron chi connectivity index (χ3n) is 13.3. The van der Waals surface area contributed by atoms with Gasteiger partial charge in [0.2, 0.25) is 0 Å². The van der Waals surface area contributed by atoms with Crippen LogP contribution in [0.2, 0.25) is 0 Å². The largest absolute Gasteiger partial charge is 0.310 e. The maximum absolute atomic E-state index is 5.37. The fraction of sp³-hybridized carbons (Fsp3) is 0.0328. The predicted molar refractivity (Wildman–Crippen MR) is 266 cm³/mol. The monoisotopic (exact) mass is 817 g/mol. The summed E-state index contributed by atoms with van der Waals surface area (Å²) >= 11 is 0. The van der Waals surface area contributed by atoms with Crippen molar-refractivity contribution in [2.75, 3.05) is 4.90 Å². The number of aromatic nitrogens is 2. The Morgan fingerprint density at radius 3 is 1.56 bits per heavy atom. The second kappa shape index (κ2) is 15.3. The zero-order chi connectivity index (χ0) is 42.6. The van der Waals surface area contributed by atoms with E-state index in [4.69, 9.17) is 5.10 Å². The first-order chi connectivity index (χ1) is 31.7. The van der Waals surface area contributed by atoms with Crippen LogP contribution in [0.1, 0.15) is 27.8 Å². The number of rotatable bonds is 8. The molecule has 0 unspecified atom stereocenters. The molecule has 1 aliphatic carbocycles. The van der Waals surface area contributed by atoms with Crippen LogP contribution in [-0.4, -0.2) is 9.61 Å². The van der Waals surface area contributed by atoms with Crippen molar-refractivity contribution in [1.82, 2.24) is 9.61 Å². The minimum absolute atomic E-state index is 0.513. The number of hydrogen-bond acceptors (Lipinski definition) is 2. The van der Waals surface area contributed by atoms with Crippen LogP contribution in [0, 0.1) is 6.92 Å². The van der Waals surface area contributed by atoms with E-state index >= 15 is 0 Å². The number of pyridine rings is 1. The highest BCUT2D eigenvalue weighted by molar-refractivity contribution is 6.01. The maximum Gasteiger partial charge on any atom is 0.0963 e. The fourth-order valence-electron chi connectivity index (χ4n) is 10.3. The van der Waals surface area contributed by atoms with Gasteiger partial charge in [-0.1, -0.05) is 200 Å². The van der Waals surface area contributed by atoms with Gasteiger partial charge in [-0.25, -0.2) is 4.52 Å². The average molecular weight is 818 g/mol. The second-order valence-electron chi connectivity index (χ2n) is 16.8. The first-order valence-electron chi connectivity index (χ1n) is 22.0. The van der Waals surface area contributed by atoms with Gasteiger partial charge < -0.3 is 4.90 Å². The molecule has 3 heteroatoms. The summed E-state index contributed by atoms with van der Waals surface area (Å²) in [5.74, 6) is 0. The maximum atomic E-state index is 5.37. The van der Waals surface area contributed by atoms with E-state index < -0.39 is 5.41 Å². The number of hydrogen-bond donors (Lipinski definition) is 0. The highest BCUT2D eigenvalue weighted by atomic mass is 15.2. The third kappa shape index (κ3) is 5.93. The summed E-state index contributed by atoms with van der Waals surface area (Å²) in [7, 11) is 0. The zero-order valence-electron chi connectivity index (χ0n) is 35.4. The Morgan fingerprint density at radius 2 is 0.906 bits per heavy atom. The molecule has 302 valence electrons. The van der Waals surface area contributed by atoms with Gasteiger partial charge in [0.15, 0.2) is 0 Å². The Hall–Kier alpha value is -8.27. The first-order valence-corrected chi connectivity index (χ1v) is 22.0. The Bertz CT molecular complexity index is 3430. The van der Waals surface area contributed by atoms with Crippen LogP contribution >= 0.6 is 0 Å². The van der Waals surface area contributed by atoms with Gasteiger partial charge in [-0.3, -0.25) is 0 Å². The van der Waals surface area contributed by atoms with Crippen molar-refractivity contribution < 1.29 is 0 Å². The molecule has 2 heterocycles. The lowest BCUT2D eigenvalue weighted by Gasteiger charge is -2.35. The lowest BCUT2D eigenvalue weighted by molar-refractivity contribution is 0.768. The normalized spacial score (nSPS) is 12.6. The van der Waals surface area contributed by atoms with Crippen molar-refractivity contribution in [2.45, 2.75) is 12.3 Å². The van der Waals surface area contributed by atoms with Crippen molar-refractivity contribution >= 4 is 33.4 Å². The lowest BCUT2D eigenvalue weighted by atomic mass is 9.67. The Morgan fingerprint density at radius 1 is 0.406 bits per heavy atom. The molecule has 0 N–H and O–H groups in total. The number of fused-ring (bicyclic) bond motifs is 6. The molecule has 0 aliphatic heterocycles. The van der Waals surface area contributed by atoms with Crippen LogP contribution in [0.15, 0.2) is 243 Å². The third-order valence-corrected chi connectivity index (χ3v) is 13.3. The van der Waals surface area contributed by atoms with E-state index in [1.54, 1.807) is 0 Å². The predicted octanol–water partition coefficient (Wildman–Crippen LogP) is 15.6. The number of aryl methyl sites for hydroxylation is 1. The molecule has 0 atom stereocenters. The summed E-state index contributed by atoms with van der Waals surface area (Å²) in [6, 6.07) is 88.1. The molecule has 0 saturated carbocycles. The summed E-state index contributed by atoms with van der Waals surface area (Å²) in [6.07, 6.45) is 0. The van der Waals surface area contributed by atoms with Gasteiger partial charge in [-0.05, 0) is 99.3 Å². The van der Waals surface area contributed by atoms with Crippen LogP contribution < -0.4 is 4.90 Å². The summed E-state index contributed by atoms with van der Waals surface area (Å²) < 4.78 is 2.14. The molecule has 9 aromatic carbocycles. The quantitative estimate of drug-likeness (QED) is 0.152. The molecule has 0 saturated heterocycles. The highest BCUT2D eigenvalue weighted by Crippen LogP contribution is 2.57.